The molecular formula is C8H9NO5. The molecule has 76 valence electrons. The molecule has 0 aliphatic carbocycles. The number of phenols is 3. The summed E-state index contributed by atoms with van der Waals surface area (Å²) in [6.07, 6.45) is 0. The van der Waals surface area contributed by atoms with Crippen molar-refractivity contribution in [3.8, 4) is 23.0 Å². The fourth-order valence-corrected chi connectivity index (χ4v) is 1.10. The number of ether oxygens (including phenoxy) is 1. The Hall–Kier alpha value is -1.98. The number of nitroso groups, excluding NO2 is 1. The van der Waals surface area contributed by atoms with Crippen LogP contribution in [-0.2, 0) is 0 Å². The predicted octanol–water partition coefficient (Wildman–Crippen LogP) is 1.52. The van der Waals surface area contributed by atoms with E-state index in [1.54, 1.807) is 0 Å². The number of aromatic hydroxyl groups is 3. The third kappa shape index (κ3) is 1.20. The van der Waals surface area contributed by atoms with Crippen LogP contribution in [-0.4, -0.2) is 22.4 Å². The Bertz CT molecular complexity index is 388. The minimum absolute atomic E-state index is 0.00389. The quantitative estimate of drug-likeness (QED) is 0.381. The van der Waals surface area contributed by atoms with E-state index in [9.17, 15) is 20.2 Å². The van der Waals surface area contributed by atoms with Crippen molar-refractivity contribution in [2.45, 2.75) is 6.92 Å². The molecule has 0 saturated carbocycles. The summed E-state index contributed by atoms with van der Waals surface area (Å²) in [4.78, 5) is 10.3. The molecule has 0 amide bonds. The Balaban J connectivity index is 3.64. The normalized spacial score (nSPS) is 9.86. The predicted molar refractivity (Wildman–Crippen MR) is 48.2 cm³/mol. The molecule has 0 aromatic heterocycles. The summed E-state index contributed by atoms with van der Waals surface area (Å²) in [5.74, 6) is -2.11. The number of nitrogens with zero attached hydrogens (tertiary/aromatic N) is 1. The average Bonchev–Trinajstić information content (AvgIpc) is 2.16. The van der Waals surface area contributed by atoms with E-state index in [1.807, 2.05) is 0 Å². The second kappa shape index (κ2) is 3.41. The Morgan fingerprint density at radius 3 is 2.14 bits per heavy atom. The highest BCUT2D eigenvalue weighted by Crippen LogP contribution is 2.51. The zero-order valence-corrected chi connectivity index (χ0v) is 7.61. The van der Waals surface area contributed by atoms with Crippen molar-refractivity contribution >= 4 is 5.69 Å². The smallest absolute Gasteiger partial charge is 0.209 e. The number of hydrogen-bond donors (Lipinski definition) is 3. The van der Waals surface area contributed by atoms with Gasteiger partial charge in [0.1, 0.15) is 0 Å². The van der Waals surface area contributed by atoms with Gasteiger partial charge in [0.2, 0.25) is 11.5 Å². The molecule has 3 N–H and O–H groups in total. The third-order valence-corrected chi connectivity index (χ3v) is 1.88. The maximum atomic E-state index is 10.3. The van der Waals surface area contributed by atoms with Gasteiger partial charge in [-0.05, 0) is 12.1 Å². The molecule has 1 rings (SSSR count). The van der Waals surface area contributed by atoms with Crippen LogP contribution in [0.5, 0.6) is 23.0 Å². The maximum absolute atomic E-state index is 10.3. The number of phenolic OH excluding ortho intramolecular Hbond substituents is 3. The highest BCUT2D eigenvalue weighted by atomic mass is 16.5. The van der Waals surface area contributed by atoms with E-state index in [4.69, 9.17) is 0 Å². The standard InChI is InChI=1S/C8H9NO5/c1-3-4(9-13)6(11)8(14-2)7(12)5(3)10/h10-12H,1-2H3. The molecule has 0 unspecified atom stereocenters. The van der Waals surface area contributed by atoms with Crippen molar-refractivity contribution in [1.82, 2.24) is 0 Å². The van der Waals surface area contributed by atoms with E-state index in [2.05, 4.69) is 9.91 Å². The monoisotopic (exact) mass is 199 g/mol. The molecule has 0 fully saturated rings. The van der Waals surface area contributed by atoms with Crippen LogP contribution >= 0.6 is 0 Å². The van der Waals surface area contributed by atoms with Crippen LogP contribution in [0.15, 0.2) is 5.18 Å². The fraction of sp³-hybridized carbons (Fsp3) is 0.250. The van der Waals surface area contributed by atoms with Gasteiger partial charge in [-0.25, -0.2) is 0 Å². The van der Waals surface area contributed by atoms with Gasteiger partial charge in [-0.3, -0.25) is 0 Å². The van der Waals surface area contributed by atoms with Crippen LogP contribution in [0.2, 0.25) is 0 Å². The van der Waals surface area contributed by atoms with Gasteiger partial charge < -0.3 is 20.1 Å². The summed E-state index contributed by atoms with van der Waals surface area (Å²) in [6.45, 7) is 1.34. The number of benzene rings is 1. The van der Waals surface area contributed by atoms with E-state index in [-0.39, 0.29) is 17.0 Å². The highest BCUT2D eigenvalue weighted by Gasteiger charge is 2.22. The Kier molecular flexibility index (Phi) is 2.46. The van der Waals surface area contributed by atoms with Crippen molar-refractivity contribution in [3.05, 3.63) is 10.5 Å². The van der Waals surface area contributed by atoms with Crippen LogP contribution in [0.1, 0.15) is 5.56 Å². The summed E-state index contributed by atoms with van der Waals surface area (Å²) < 4.78 is 4.60. The lowest BCUT2D eigenvalue weighted by Crippen LogP contribution is -1.88. The highest BCUT2D eigenvalue weighted by molar-refractivity contribution is 5.73. The van der Waals surface area contributed by atoms with Gasteiger partial charge in [0.05, 0.1) is 7.11 Å². The summed E-state index contributed by atoms with van der Waals surface area (Å²) in [5.41, 5.74) is -0.354. The zero-order chi connectivity index (χ0) is 10.9. The van der Waals surface area contributed by atoms with Gasteiger partial charge in [-0.15, -0.1) is 4.91 Å². The first-order valence-electron chi connectivity index (χ1n) is 3.69. The Morgan fingerprint density at radius 2 is 1.71 bits per heavy atom. The van der Waals surface area contributed by atoms with E-state index in [0.717, 1.165) is 0 Å². The third-order valence-electron chi connectivity index (χ3n) is 1.88. The zero-order valence-electron chi connectivity index (χ0n) is 7.61. The lowest BCUT2D eigenvalue weighted by molar-refractivity contribution is 0.329. The molecule has 6 heteroatoms. The van der Waals surface area contributed by atoms with Crippen LogP contribution in [0.25, 0.3) is 0 Å². The molecule has 0 radical (unpaired) electrons. The minimum atomic E-state index is -0.616. The topological polar surface area (TPSA) is 99.4 Å². The van der Waals surface area contributed by atoms with Crippen molar-refractivity contribution in [2.24, 2.45) is 5.18 Å². The first-order valence-corrected chi connectivity index (χ1v) is 3.69. The summed E-state index contributed by atoms with van der Waals surface area (Å²) in [7, 11) is 1.18. The van der Waals surface area contributed by atoms with Crippen LogP contribution in [0, 0.1) is 11.8 Å². The first kappa shape index (κ1) is 10.1. The second-order valence-electron chi connectivity index (χ2n) is 2.64. The molecule has 0 heterocycles. The lowest BCUT2D eigenvalue weighted by Gasteiger charge is -2.10. The van der Waals surface area contributed by atoms with Gasteiger partial charge in [0, 0.05) is 5.56 Å². The fourth-order valence-electron chi connectivity index (χ4n) is 1.10. The van der Waals surface area contributed by atoms with Crippen molar-refractivity contribution in [2.75, 3.05) is 7.11 Å². The SMILES string of the molecule is COc1c(O)c(O)c(C)c(N=O)c1O. The van der Waals surface area contributed by atoms with E-state index in [0.29, 0.717) is 0 Å². The number of methoxy groups -OCH3 is 1. The van der Waals surface area contributed by atoms with E-state index in [1.165, 1.54) is 14.0 Å². The molecular weight excluding hydrogens is 190 g/mol. The summed E-state index contributed by atoms with van der Waals surface area (Å²) >= 11 is 0. The molecule has 0 bridgehead atoms. The van der Waals surface area contributed by atoms with Gasteiger partial charge in [0.25, 0.3) is 0 Å². The molecule has 0 saturated heterocycles. The van der Waals surface area contributed by atoms with Crippen molar-refractivity contribution < 1.29 is 20.1 Å². The average molecular weight is 199 g/mol. The first-order chi connectivity index (χ1) is 6.54. The lowest BCUT2D eigenvalue weighted by atomic mass is 10.1. The maximum Gasteiger partial charge on any atom is 0.209 e. The molecule has 14 heavy (non-hydrogen) atoms. The molecule has 6 nitrogen and oxygen atoms in total. The number of hydrogen-bond acceptors (Lipinski definition) is 6. The summed E-state index contributed by atoms with van der Waals surface area (Å²) in [5, 5.41) is 30.5. The van der Waals surface area contributed by atoms with E-state index >= 15 is 0 Å². The van der Waals surface area contributed by atoms with Crippen LogP contribution < -0.4 is 4.74 Å². The van der Waals surface area contributed by atoms with Gasteiger partial charge in [-0.1, -0.05) is 0 Å². The second-order valence-corrected chi connectivity index (χ2v) is 2.64. The van der Waals surface area contributed by atoms with Gasteiger partial charge >= 0.3 is 0 Å². The molecule has 0 atom stereocenters. The molecule has 1 aromatic rings. The molecule has 0 aliphatic rings. The Morgan fingerprint density at radius 1 is 1.14 bits per heavy atom. The van der Waals surface area contributed by atoms with Crippen molar-refractivity contribution in [3.63, 3.8) is 0 Å². The van der Waals surface area contributed by atoms with Gasteiger partial charge in [-0.2, -0.15) is 0 Å². The van der Waals surface area contributed by atoms with Gasteiger partial charge in [0.15, 0.2) is 17.2 Å². The Labute approximate surface area is 79.4 Å². The minimum Gasteiger partial charge on any atom is -0.504 e. The largest absolute Gasteiger partial charge is 0.504 e. The molecule has 0 spiro atoms. The van der Waals surface area contributed by atoms with Crippen LogP contribution in [0.3, 0.4) is 0 Å². The van der Waals surface area contributed by atoms with E-state index < -0.39 is 17.2 Å². The van der Waals surface area contributed by atoms with Crippen molar-refractivity contribution in [1.29, 1.82) is 0 Å². The summed E-state index contributed by atoms with van der Waals surface area (Å²) in [6, 6.07) is 0. The molecule has 1 aromatic carbocycles. The number of rotatable bonds is 2. The molecule has 0 aliphatic heterocycles. The van der Waals surface area contributed by atoms with Crippen LogP contribution in [0.4, 0.5) is 5.69 Å².